The van der Waals surface area contributed by atoms with E-state index in [2.05, 4.69) is 14.9 Å². The van der Waals surface area contributed by atoms with Crippen LogP contribution in [-0.4, -0.2) is 29.1 Å². The average molecular weight is 280 g/mol. The zero-order valence-electron chi connectivity index (χ0n) is 11.3. The number of aromatic amines is 1. The molecule has 1 aromatic heterocycles. The van der Waals surface area contributed by atoms with Crippen molar-refractivity contribution in [2.45, 2.75) is 0 Å². The largest absolute Gasteiger partial charge is 0.465 e. The van der Waals surface area contributed by atoms with Gasteiger partial charge in [0.25, 0.3) is 0 Å². The number of carbonyl (C=O) groups excluding carboxylic acids is 2. The minimum Gasteiger partial charge on any atom is -0.465 e. The highest BCUT2D eigenvalue weighted by Gasteiger charge is 2.17. The van der Waals surface area contributed by atoms with E-state index in [9.17, 15) is 9.59 Å². The number of H-pyrrole nitrogens is 1. The maximum Gasteiger partial charge on any atom is 0.337 e. The van der Waals surface area contributed by atoms with Crippen LogP contribution in [0.15, 0.2) is 48.5 Å². The number of ketones is 1. The lowest BCUT2D eigenvalue weighted by molar-refractivity contribution is 0.0600. The van der Waals surface area contributed by atoms with Gasteiger partial charge >= 0.3 is 5.97 Å². The Balaban J connectivity index is 2.04. The summed E-state index contributed by atoms with van der Waals surface area (Å²) in [5.41, 5.74) is 1.87. The van der Waals surface area contributed by atoms with Crippen LogP contribution in [0.2, 0.25) is 0 Å². The summed E-state index contributed by atoms with van der Waals surface area (Å²) in [6, 6.07) is 13.8. The highest BCUT2D eigenvalue weighted by molar-refractivity contribution is 6.15. The lowest BCUT2D eigenvalue weighted by Gasteiger charge is -2.02. The van der Waals surface area contributed by atoms with Crippen LogP contribution in [0.1, 0.15) is 26.4 Å². The Morgan fingerprint density at radius 3 is 2.62 bits per heavy atom. The number of carbonyl (C=O) groups is 2. The standard InChI is InChI=1S/C16H12N2O3/c1-21-16(20)11-6-4-5-10(9-11)15(19)14-12-7-2-3-8-13(12)17-18-14/h2-9H,1H3,(H,17,18). The van der Waals surface area contributed by atoms with Crippen LogP contribution in [0.3, 0.4) is 0 Å². The summed E-state index contributed by atoms with van der Waals surface area (Å²) in [5, 5.41) is 7.66. The molecule has 0 atom stereocenters. The molecule has 0 aliphatic heterocycles. The molecule has 0 unspecified atom stereocenters. The van der Waals surface area contributed by atoms with Crippen LogP contribution in [-0.2, 0) is 4.74 Å². The second kappa shape index (κ2) is 5.20. The maximum absolute atomic E-state index is 12.5. The van der Waals surface area contributed by atoms with Crippen molar-refractivity contribution >= 4 is 22.7 Å². The number of fused-ring (bicyclic) bond motifs is 1. The molecule has 3 aromatic rings. The van der Waals surface area contributed by atoms with Crippen molar-refractivity contribution in [3.8, 4) is 0 Å². The van der Waals surface area contributed by atoms with E-state index in [0.29, 0.717) is 16.8 Å². The summed E-state index contributed by atoms with van der Waals surface area (Å²) in [6.45, 7) is 0. The maximum atomic E-state index is 12.5. The van der Waals surface area contributed by atoms with E-state index in [-0.39, 0.29) is 5.78 Å². The minimum absolute atomic E-state index is 0.238. The molecular weight excluding hydrogens is 268 g/mol. The Morgan fingerprint density at radius 1 is 1.05 bits per heavy atom. The van der Waals surface area contributed by atoms with Gasteiger partial charge in [-0.2, -0.15) is 5.10 Å². The number of rotatable bonds is 3. The Kier molecular flexibility index (Phi) is 3.23. The lowest BCUT2D eigenvalue weighted by Crippen LogP contribution is -2.06. The highest BCUT2D eigenvalue weighted by atomic mass is 16.5. The summed E-state index contributed by atoms with van der Waals surface area (Å²) in [7, 11) is 1.30. The third kappa shape index (κ3) is 2.29. The topological polar surface area (TPSA) is 72.1 Å². The molecule has 0 radical (unpaired) electrons. The monoisotopic (exact) mass is 280 g/mol. The SMILES string of the molecule is COC(=O)c1cccc(C(=O)c2n[nH]c3ccccc23)c1. The van der Waals surface area contributed by atoms with Crippen LogP contribution in [0, 0.1) is 0 Å². The van der Waals surface area contributed by atoms with Crippen LogP contribution >= 0.6 is 0 Å². The van der Waals surface area contributed by atoms with Gasteiger partial charge in [-0.1, -0.05) is 30.3 Å². The van der Waals surface area contributed by atoms with E-state index in [1.807, 2.05) is 24.3 Å². The predicted octanol–water partition coefficient (Wildman–Crippen LogP) is 2.58. The van der Waals surface area contributed by atoms with E-state index in [1.54, 1.807) is 18.2 Å². The van der Waals surface area contributed by atoms with Crippen molar-refractivity contribution in [2.24, 2.45) is 0 Å². The summed E-state index contributed by atoms with van der Waals surface area (Å²) in [5.74, 6) is -0.713. The lowest BCUT2D eigenvalue weighted by atomic mass is 10.0. The van der Waals surface area contributed by atoms with E-state index in [0.717, 1.165) is 10.9 Å². The molecule has 0 aliphatic rings. The van der Waals surface area contributed by atoms with Crippen molar-refractivity contribution in [1.82, 2.24) is 10.2 Å². The molecule has 104 valence electrons. The molecule has 0 aliphatic carbocycles. The third-order valence-corrected chi connectivity index (χ3v) is 3.23. The number of hydrogen-bond acceptors (Lipinski definition) is 4. The van der Waals surface area contributed by atoms with E-state index >= 15 is 0 Å². The molecule has 21 heavy (non-hydrogen) atoms. The second-order valence-electron chi connectivity index (χ2n) is 4.52. The van der Waals surface area contributed by atoms with Gasteiger partial charge in [-0.15, -0.1) is 0 Å². The summed E-state index contributed by atoms with van der Waals surface area (Å²) < 4.78 is 4.66. The number of para-hydroxylation sites is 1. The van der Waals surface area contributed by atoms with Gasteiger partial charge in [-0.3, -0.25) is 9.89 Å². The number of benzene rings is 2. The first kappa shape index (κ1) is 13.1. The molecule has 5 nitrogen and oxygen atoms in total. The van der Waals surface area contributed by atoms with Crippen LogP contribution in [0.25, 0.3) is 10.9 Å². The van der Waals surface area contributed by atoms with Gasteiger partial charge in [-0.05, 0) is 18.2 Å². The van der Waals surface area contributed by atoms with Crippen LogP contribution < -0.4 is 0 Å². The second-order valence-corrected chi connectivity index (χ2v) is 4.52. The molecule has 2 aromatic carbocycles. The van der Waals surface area contributed by atoms with Gasteiger partial charge in [0.15, 0.2) is 0 Å². The third-order valence-electron chi connectivity index (χ3n) is 3.23. The summed E-state index contributed by atoms with van der Waals surface area (Å²) in [6.07, 6.45) is 0. The van der Waals surface area contributed by atoms with Gasteiger partial charge in [0.1, 0.15) is 5.69 Å². The molecule has 0 spiro atoms. The molecule has 0 saturated carbocycles. The first-order valence-electron chi connectivity index (χ1n) is 6.37. The Bertz CT molecular complexity index is 836. The number of esters is 1. The van der Waals surface area contributed by atoms with E-state index in [4.69, 9.17) is 0 Å². The van der Waals surface area contributed by atoms with Gasteiger partial charge in [0.2, 0.25) is 5.78 Å². The zero-order chi connectivity index (χ0) is 14.8. The normalized spacial score (nSPS) is 10.5. The number of methoxy groups -OCH3 is 1. The molecule has 0 fully saturated rings. The van der Waals surface area contributed by atoms with Crippen molar-refractivity contribution in [3.05, 3.63) is 65.4 Å². The number of nitrogens with zero attached hydrogens (tertiary/aromatic N) is 1. The molecule has 3 rings (SSSR count). The number of aromatic nitrogens is 2. The Labute approximate surface area is 120 Å². The molecule has 1 N–H and O–H groups in total. The molecular formula is C16H12N2O3. The average Bonchev–Trinajstić information content (AvgIpc) is 2.97. The highest BCUT2D eigenvalue weighted by Crippen LogP contribution is 2.19. The quantitative estimate of drug-likeness (QED) is 0.591. The first-order valence-corrected chi connectivity index (χ1v) is 6.37. The fraction of sp³-hybridized carbons (Fsp3) is 0.0625. The van der Waals surface area contributed by atoms with E-state index < -0.39 is 5.97 Å². The molecule has 0 bridgehead atoms. The number of nitrogens with one attached hydrogen (secondary N) is 1. The number of ether oxygens (including phenoxy) is 1. The minimum atomic E-state index is -0.475. The van der Waals surface area contributed by atoms with Crippen molar-refractivity contribution in [1.29, 1.82) is 0 Å². The summed E-state index contributed by atoms with van der Waals surface area (Å²) in [4.78, 5) is 24.1. The predicted molar refractivity (Wildman–Crippen MR) is 77.3 cm³/mol. The Hall–Kier alpha value is -2.95. The first-order chi connectivity index (χ1) is 10.2. The fourth-order valence-electron chi connectivity index (χ4n) is 2.18. The van der Waals surface area contributed by atoms with Gasteiger partial charge < -0.3 is 4.74 Å². The zero-order valence-corrected chi connectivity index (χ0v) is 11.3. The molecule has 0 amide bonds. The molecule has 5 heteroatoms. The van der Waals surface area contributed by atoms with Crippen LogP contribution in [0.5, 0.6) is 0 Å². The van der Waals surface area contributed by atoms with Gasteiger partial charge in [0, 0.05) is 10.9 Å². The van der Waals surface area contributed by atoms with Crippen molar-refractivity contribution in [3.63, 3.8) is 0 Å². The van der Waals surface area contributed by atoms with Gasteiger partial charge in [-0.25, -0.2) is 4.79 Å². The van der Waals surface area contributed by atoms with Crippen molar-refractivity contribution in [2.75, 3.05) is 7.11 Å². The fourth-order valence-corrected chi connectivity index (χ4v) is 2.18. The van der Waals surface area contributed by atoms with Crippen LogP contribution in [0.4, 0.5) is 0 Å². The van der Waals surface area contributed by atoms with Gasteiger partial charge in [0.05, 0.1) is 18.2 Å². The Morgan fingerprint density at radius 2 is 1.81 bits per heavy atom. The molecule has 1 heterocycles. The van der Waals surface area contributed by atoms with Crippen molar-refractivity contribution < 1.29 is 14.3 Å². The smallest absolute Gasteiger partial charge is 0.337 e. The van der Waals surface area contributed by atoms with E-state index in [1.165, 1.54) is 13.2 Å². The number of hydrogen-bond donors (Lipinski definition) is 1. The summed E-state index contributed by atoms with van der Waals surface area (Å²) >= 11 is 0. The molecule has 0 saturated heterocycles.